The van der Waals surface area contributed by atoms with Crippen LogP contribution < -0.4 is 0 Å². The molecule has 1 fully saturated rings. The first-order chi connectivity index (χ1) is 11.7. The topological polar surface area (TPSA) is 68.8 Å². The molecule has 0 spiro atoms. The van der Waals surface area contributed by atoms with Crippen LogP contribution in [-0.2, 0) is 24.3 Å². The van der Waals surface area contributed by atoms with Gasteiger partial charge in [-0.25, -0.2) is 0 Å². The van der Waals surface area contributed by atoms with Crippen molar-refractivity contribution in [3.05, 3.63) is 30.4 Å². The molecule has 1 aliphatic rings. The molecule has 0 unspecified atom stereocenters. The molecule has 0 N–H and O–H groups in total. The van der Waals surface area contributed by atoms with Gasteiger partial charge in [0.15, 0.2) is 0 Å². The number of hydrogen-bond acceptors (Lipinski definition) is 4. The Hall–Kier alpha value is -2.18. The molecule has 0 aromatic carbocycles. The van der Waals surface area contributed by atoms with Crippen LogP contribution in [0, 0.1) is 5.92 Å². The van der Waals surface area contributed by atoms with Crippen molar-refractivity contribution in [2.75, 3.05) is 13.1 Å². The van der Waals surface area contributed by atoms with Crippen LogP contribution in [0.15, 0.2) is 24.7 Å². The van der Waals surface area contributed by atoms with Gasteiger partial charge in [0.25, 0.3) is 0 Å². The summed E-state index contributed by atoms with van der Waals surface area (Å²) in [4.78, 5) is 14.2. The SMILES string of the molecule is CCCCc1cn(CC2CCN(C(=O)Cn3cccn3)CC2)nn1. The van der Waals surface area contributed by atoms with Gasteiger partial charge in [-0.05, 0) is 37.7 Å². The standard InChI is InChI=1S/C17H26N6O/c1-2-3-5-16-13-23(20-19-16)12-15-6-10-21(11-7-15)17(24)14-22-9-4-8-18-22/h4,8-9,13,15H,2-3,5-7,10-12,14H2,1H3. The van der Waals surface area contributed by atoms with Gasteiger partial charge >= 0.3 is 0 Å². The molecule has 24 heavy (non-hydrogen) atoms. The second kappa shape index (κ2) is 8.08. The third kappa shape index (κ3) is 4.43. The smallest absolute Gasteiger partial charge is 0.244 e. The lowest BCUT2D eigenvalue weighted by Gasteiger charge is -2.31. The molecule has 0 aliphatic carbocycles. The van der Waals surface area contributed by atoms with Crippen LogP contribution in [0.3, 0.4) is 0 Å². The molecule has 2 aromatic heterocycles. The van der Waals surface area contributed by atoms with E-state index in [4.69, 9.17) is 0 Å². The minimum Gasteiger partial charge on any atom is -0.341 e. The third-order valence-corrected chi connectivity index (χ3v) is 4.64. The number of carbonyl (C=O) groups is 1. The van der Waals surface area contributed by atoms with E-state index in [1.54, 1.807) is 10.9 Å². The number of rotatable bonds is 7. The molecule has 0 radical (unpaired) electrons. The number of carbonyl (C=O) groups excluding carboxylic acids is 1. The molecule has 1 aliphatic heterocycles. The summed E-state index contributed by atoms with van der Waals surface area (Å²) < 4.78 is 3.65. The number of aryl methyl sites for hydroxylation is 1. The molecular weight excluding hydrogens is 304 g/mol. The Bertz CT molecular complexity index is 627. The van der Waals surface area contributed by atoms with Gasteiger partial charge in [0, 0.05) is 38.2 Å². The predicted molar refractivity (Wildman–Crippen MR) is 90.2 cm³/mol. The molecule has 0 atom stereocenters. The van der Waals surface area contributed by atoms with Gasteiger partial charge in [-0.3, -0.25) is 14.2 Å². The number of likely N-dealkylation sites (tertiary alicyclic amines) is 1. The first kappa shape index (κ1) is 16.7. The summed E-state index contributed by atoms with van der Waals surface area (Å²) in [5.41, 5.74) is 1.09. The fourth-order valence-corrected chi connectivity index (χ4v) is 3.16. The number of unbranched alkanes of at least 4 members (excludes halogenated alkanes) is 1. The van der Waals surface area contributed by atoms with Crippen molar-refractivity contribution in [2.45, 2.75) is 52.1 Å². The molecule has 2 aromatic rings. The highest BCUT2D eigenvalue weighted by Crippen LogP contribution is 2.19. The highest BCUT2D eigenvalue weighted by atomic mass is 16.2. The monoisotopic (exact) mass is 330 g/mol. The van der Waals surface area contributed by atoms with Crippen molar-refractivity contribution in [1.82, 2.24) is 29.7 Å². The maximum Gasteiger partial charge on any atom is 0.244 e. The zero-order chi connectivity index (χ0) is 16.8. The van der Waals surface area contributed by atoms with Crippen LogP contribution in [-0.4, -0.2) is 48.7 Å². The number of hydrogen-bond donors (Lipinski definition) is 0. The number of piperidine rings is 1. The maximum absolute atomic E-state index is 12.3. The van der Waals surface area contributed by atoms with Gasteiger partial charge in [0.05, 0.1) is 5.69 Å². The largest absolute Gasteiger partial charge is 0.341 e. The Labute approximate surface area is 142 Å². The quantitative estimate of drug-likeness (QED) is 0.776. The number of amides is 1. The van der Waals surface area contributed by atoms with E-state index in [0.717, 1.165) is 51.0 Å². The van der Waals surface area contributed by atoms with E-state index in [0.29, 0.717) is 12.5 Å². The zero-order valence-electron chi connectivity index (χ0n) is 14.3. The molecule has 3 heterocycles. The first-order valence-corrected chi connectivity index (χ1v) is 8.89. The molecule has 7 nitrogen and oxygen atoms in total. The lowest BCUT2D eigenvalue weighted by atomic mass is 9.97. The molecule has 1 saturated heterocycles. The van der Waals surface area contributed by atoms with Crippen molar-refractivity contribution in [2.24, 2.45) is 5.92 Å². The number of nitrogens with zero attached hydrogens (tertiary/aromatic N) is 6. The number of aromatic nitrogens is 5. The Morgan fingerprint density at radius 1 is 1.29 bits per heavy atom. The fourth-order valence-electron chi connectivity index (χ4n) is 3.16. The molecule has 1 amide bonds. The highest BCUT2D eigenvalue weighted by molar-refractivity contribution is 5.75. The van der Waals surface area contributed by atoms with Crippen molar-refractivity contribution in [3.63, 3.8) is 0 Å². The summed E-state index contributed by atoms with van der Waals surface area (Å²) in [5.74, 6) is 0.722. The lowest BCUT2D eigenvalue weighted by molar-refractivity contribution is -0.133. The van der Waals surface area contributed by atoms with Gasteiger partial charge in [-0.1, -0.05) is 18.6 Å². The average Bonchev–Trinajstić information content (AvgIpc) is 3.25. The average molecular weight is 330 g/mol. The van der Waals surface area contributed by atoms with Crippen molar-refractivity contribution in [1.29, 1.82) is 0 Å². The summed E-state index contributed by atoms with van der Waals surface area (Å²) in [6.07, 6.45) is 11.0. The Kier molecular flexibility index (Phi) is 5.61. The second-order valence-corrected chi connectivity index (χ2v) is 6.56. The van der Waals surface area contributed by atoms with Gasteiger partial charge in [0.1, 0.15) is 6.54 Å². The van der Waals surface area contributed by atoms with Crippen molar-refractivity contribution < 1.29 is 4.79 Å². The van der Waals surface area contributed by atoms with Gasteiger partial charge in [-0.2, -0.15) is 5.10 Å². The Balaban J connectivity index is 1.43. The predicted octanol–water partition coefficient (Wildman–Crippen LogP) is 1.76. The van der Waals surface area contributed by atoms with E-state index in [9.17, 15) is 4.79 Å². The Morgan fingerprint density at radius 3 is 2.83 bits per heavy atom. The van der Waals surface area contributed by atoms with E-state index in [1.165, 1.54) is 6.42 Å². The summed E-state index contributed by atoms with van der Waals surface area (Å²) in [5, 5.41) is 12.6. The van der Waals surface area contributed by atoms with E-state index in [2.05, 4.69) is 28.5 Å². The van der Waals surface area contributed by atoms with Crippen LogP contribution in [0.2, 0.25) is 0 Å². The molecular formula is C17H26N6O. The van der Waals surface area contributed by atoms with E-state index < -0.39 is 0 Å². The van der Waals surface area contributed by atoms with Crippen LogP contribution in [0.4, 0.5) is 0 Å². The fraction of sp³-hybridized carbons (Fsp3) is 0.647. The minimum absolute atomic E-state index is 0.153. The highest BCUT2D eigenvalue weighted by Gasteiger charge is 2.23. The summed E-state index contributed by atoms with van der Waals surface area (Å²) in [6.45, 7) is 5.07. The van der Waals surface area contributed by atoms with E-state index in [1.807, 2.05) is 21.8 Å². The molecule has 0 bridgehead atoms. The van der Waals surface area contributed by atoms with Crippen molar-refractivity contribution in [3.8, 4) is 0 Å². The van der Waals surface area contributed by atoms with Gasteiger partial charge in [-0.15, -0.1) is 5.10 Å². The van der Waals surface area contributed by atoms with E-state index in [-0.39, 0.29) is 5.91 Å². The summed E-state index contributed by atoms with van der Waals surface area (Å²) >= 11 is 0. The molecule has 7 heteroatoms. The molecule has 130 valence electrons. The van der Waals surface area contributed by atoms with Crippen LogP contribution >= 0.6 is 0 Å². The van der Waals surface area contributed by atoms with Crippen LogP contribution in [0.5, 0.6) is 0 Å². The maximum atomic E-state index is 12.3. The Morgan fingerprint density at radius 2 is 2.12 bits per heavy atom. The van der Waals surface area contributed by atoms with Crippen molar-refractivity contribution >= 4 is 5.91 Å². The first-order valence-electron chi connectivity index (χ1n) is 8.89. The van der Waals surface area contributed by atoms with Crippen LogP contribution in [0.25, 0.3) is 0 Å². The molecule has 0 saturated carbocycles. The minimum atomic E-state index is 0.153. The zero-order valence-corrected chi connectivity index (χ0v) is 14.3. The third-order valence-electron chi connectivity index (χ3n) is 4.64. The normalized spacial score (nSPS) is 15.8. The lowest BCUT2D eigenvalue weighted by Crippen LogP contribution is -2.41. The summed E-state index contributed by atoms with van der Waals surface area (Å²) in [7, 11) is 0. The molecule has 3 rings (SSSR count). The van der Waals surface area contributed by atoms with Gasteiger partial charge in [0.2, 0.25) is 5.91 Å². The second-order valence-electron chi connectivity index (χ2n) is 6.56. The van der Waals surface area contributed by atoms with Crippen LogP contribution in [0.1, 0.15) is 38.3 Å². The van der Waals surface area contributed by atoms with Gasteiger partial charge < -0.3 is 4.90 Å². The summed E-state index contributed by atoms with van der Waals surface area (Å²) in [6, 6.07) is 1.84. The van der Waals surface area contributed by atoms with E-state index >= 15 is 0 Å².